The van der Waals surface area contributed by atoms with Crippen LogP contribution in [0.1, 0.15) is 0 Å². The summed E-state index contributed by atoms with van der Waals surface area (Å²) >= 11 is 0. The van der Waals surface area contributed by atoms with E-state index in [0.29, 0.717) is 5.82 Å². The number of amides is 1. The lowest BCUT2D eigenvalue weighted by Crippen LogP contribution is -2.24. The number of hydrogen-bond donors (Lipinski definition) is 1. The van der Waals surface area contributed by atoms with Gasteiger partial charge < -0.3 is 4.74 Å². The van der Waals surface area contributed by atoms with E-state index < -0.39 is 11.9 Å². The van der Waals surface area contributed by atoms with Gasteiger partial charge >= 0.3 is 11.9 Å². The number of hydrogen-bond acceptors (Lipinski definition) is 4. The molecule has 0 fully saturated rings. The fraction of sp³-hybridized carbons (Fsp3) is 0.286. The third kappa shape index (κ3) is 2.29. The minimum Gasteiger partial charge on any atom is -0.462 e. The van der Waals surface area contributed by atoms with Crippen molar-refractivity contribution in [2.24, 2.45) is 7.05 Å². The lowest BCUT2D eigenvalue weighted by Gasteiger charge is -1.98. The van der Waals surface area contributed by atoms with E-state index in [1.165, 1.54) is 4.68 Å². The number of carbonyl (C=O) groups excluding carboxylic acids is 2. The number of aryl methyl sites for hydroxylation is 1. The first-order valence-electron chi connectivity index (χ1n) is 3.52. The van der Waals surface area contributed by atoms with Gasteiger partial charge in [-0.15, -0.1) is 0 Å². The third-order valence-electron chi connectivity index (χ3n) is 1.33. The average Bonchev–Trinajstić information content (AvgIpc) is 2.49. The third-order valence-corrected chi connectivity index (χ3v) is 1.33. The quantitative estimate of drug-likeness (QED) is 0.472. The summed E-state index contributed by atoms with van der Waals surface area (Å²) in [5.41, 5.74) is 0. The number of aromatic nitrogens is 2. The maximum absolute atomic E-state index is 10.9. The van der Waals surface area contributed by atoms with Crippen molar-refractivity contribution in [1.29, 1.82) is 0 Å². The number of nitrogens with one attached hydrogen (secondary N) is 1. The van der Waals surface area contributed by atoms with Crippen molar-refractivity contribution in [3.8, 4) is 0 Å². The highest BCUT2D eigenvalue weighted by Crippen LogP contribution is 2.00. The van der Waals surface area contributed by atoms with Crippen LogP contribution in [0.15, 0.2) is 12.3 Å². The Balaban J connectivity index is 2.60. The Morgan fingerprint density at radius 3 is 2.77 bits per heavy atom. The molecule has 13 heavy (non-hydrogen) atoms. The summed E-state index contributed by atoms with van der Waals surface area (Å²) in [7, 11) is 2.84. The van der Waals surface area contributed by atoms with Crippen LogP contribution in [0.3, 0.4) is 0 Å². The smallest absolute Gasteiger partial charge is 0.396 e. The maximum atomic E-state index is 10.9. The molecule has 0 spiro atoms. The zero-order valence-electron chi connectivity index (χ0n) is 7.27. The predicted molar refractivity (Wildman–Crippen MR) is 43.9 cm³/mol. The fourth-order valence-electron chi connectivity index (χ4n) is 0.742. The Morgan fingerprint density at radius 2 is 2.31 bits per heavy atom. The molecule has 1 aromatic heterocycles. The van der Waals surface area contributed by atoms with Crippen molar-refractivity contribution in [3.63, 3.8) is 0 Å². The number of ether oxygens (including phenoxy) is 1. The van der Waals surface area contributed by atoms with Gasteiger partial charge in [-0.2, -0.15) is 5.10 Å². The van der Waals surface area contributed by atoms with E-state index >= 15 is 0 Å². The highest BCUT2D eigenvalue weighted by Gasteiger charge is 2.14. The molecule has 6 nitrogen and oxygen atoms in total. The van der Waals surface area contributed by atoms with E-state index in [2.05, 4.69) is 15.2 Å². The predicted octanol–water partition coefficient (Wildman–Crippen LogP) is -0.468. The van der Waals surface area contributed by atoms with Gasteiger partial charge in [-0.1, -0.05) is 0 Å². The summed E-state index contributed by atoms with van der Waals surface area (Å²) in [5, 5.41) is 6.11. The molecule has 0 unspecified atom stereocenters. The second-order valence-electron chi connectivity index (χ2n) is 2.32. The fourth-order valence-corrected chi connectivity index (χ4v) is 0.742. The van der Waals surface area contributed by atoms with Crippen LogP contribution in [-0.2, 0) is 21.4 Å². The molecule has 0 saturated carbocycles. The van der Waals surface area contributed by atoms with E-state index in [0.717, 1.165) is 7.11 Å². The van der Waals surface area contributed by atoms with Gasteiger partial charge in [-0.05, 0) is 0 Å². The summed E-state index contributed by atoms with van der Waals surface area (Å²) in [5.74, 6) is -1.45. The van der Waals surface area contributed by atoms with E-state index in [-0.39, 0.29) is 0 Å². The van der Waals surface area contributed by atoms with Crippen LogP contribution in [0, 0.1) is 0 Å². The van der Waals surface area contributed by atoms with Crippen LogP contribution >= 0.6 is 0 Å². The molecular formula is C7H9N3O3. The van der Waals surface area contributed by atoms with Gasteiger partial charge in [0.25, 0.3) is 0 Å². The number of esters is 1. The van der Waals surface area contributed by atoms with Gasteiger partial charge in [0, 0.05) is 19.3 Å². The molecule has 0 radical (unpaired) electrons. The van der Waals surface area contributed by atoms with Crippen molar-refractivity contribution >= 4 is 17.7 Å². The molecule has 0 saturated heterocycles. The SMILES string of the molecule is COC(=O)C(=O)Nc1ccn(C)n1. The number of nitrogens with zero attached hydrogens (tertiary/aromatic N) is 2. The largest absolute Gasteiger partial charge is 0.462 e. The second kappa shape index (κ2) is 3.70. The Kier molecular flexibility index (Phi) is 2.63. The standard InChI is InChI=1S/C7H9N3O3/c1-10-4-3-5(9-10)8-6(11)7(12)13-2/h3-4H,1-2H3,(H,8,9,11). The molecule has 70 valence electrons. The van der Waals surface area contributed by atoms with Gasteiger partial charge in [-0.3, -0.25) is 14.8 Å². The zero-order chi connectivity index (χ0) is 9.84. The summed E-state index contributed by atoms with van der Waals surface area (Å²) < 4.78 is 5.71. The summed E-state index contributed by atoms with van der Waals surface area (Å²) in [6.07, 6.45) is 1.65. The first-order chi connectivity index (χ1) is 6.13. The van der Waals surface area contributed by atoms with Crippen LogP contribution in [-0.4, -0.2) is 28.8 Å². The van der Waals surface area contributed by atoms with E-state index in [4.69, 9.17) is 0 Å². The van der Waals surface area contributed by atoms with Crippen LogP contribution < -0.4 is 5.32 Å². The molecule has 0 aliphatic carbocycles. The molecule has 1 amide bonds. The van der Waals surface area contributed by atoms with Crippen molar-refractivity contribution < 1.29 is 14.3 Å². The van der Waals surface area contributed by atoms with Crippen molar-refractivity contribution in [1.82, 2.24) is 9.78 Å². The highest BCUT2D eigenvalue weighted by molar-refractivity contribution is 6.37. The molecule has 1 rings (SSSR count). The second-order valence-corrected chi connectivity index (χ2v) is 2.32. The van der Waals surface area contributed by atoms with Crippen molar-refractivity contribution in [3.05, 3.63) is 12.3 Å². The number of anilines is 1. The minimum atomic E-state index is -0.939. The zero-order valence-corrected chi connectivity index (χ0v) is 7.27. The first kappa shape index (κ1) is 9.24. The normalized spacial score (nSPS) is 9.38. The maximum Gasteiger partial charge on any atom is 0.396 e. The van der Waals surface area contributed by atoms with Crippen molar-refractivity contribution in [2.45, 2.75) is 0 Å². The van der Waals surface area contributed by atoms with Gasteiger partial charge in [0.2, 0.25) is 0 Å². The number of carbonyl (C=O) groups is 2. The summed E-state index contributed by atoms with van der Waals surface area (Å²) in [6, 6.07) is 1.57. The Labute approximate surface area is 74.5 Å². The number of rotatable bonds is 1. The van der Waals surface area contributed by atoms with Gasteiger partial charge in [0.15, 0.2) is 5.82 Å². The molecule has 0 atom stereocenters. The Morgan fingerprint density at radius 1 is 1.62 bits per heavy atom. The summed E-state index contributed by atoms with van der Waals surface area (Å²) in [6.45, 7) is 0. The van der Waals surface area contributed by atoms with E-state index in [1.54, 1.807) is 19.3 Å². The molecule has 6 heteroatoms. The monoisotopic (exact) mass is 183 g/mol. The topological polar surface area (TPSA) is 73.2 Å². The molecule has 0 bridgehead atoms. The van der Waals surface area contributed by atoms with Crippen LogP contribution in [0.25, 0.3) is 0 Å². The lowest BCUT2D eigenvalue weighted by atomic mass is 10.5. The Hall–Kier alpha value is -1.85. The average molecular weight is 183 g/mol. The molecule has 0 aliphatic rings. The van der Waals surface area contributed by atoms with Gasteiger partial charge in [0.1, 0.15) is 0 Å². The molecular weight excluding hydrogens is 174 g/mol. The highest BCUT2D eigenvalue weighted by atomic mass is 16.5. The molecule has 1 N–H and O–H groups in total. The lowest BCUT2D eigenvalue weighted by molar-refractivity contribution is -0.150. The first-order valence-corrected chi connectivity index (χ1v) is 3.52. The van der Waals surface area contributed by atoms with Gasteiger partial charge in [0.05, 0.1) is 7.11 Å². The van der Waals surface area contributed by atoms with Crippen molar-refractivity contribution in [2.75, 3.05) is 12.4 Å². The molecule has 1 heterocycles. The van der Waals surface area contributed by atoms with Crippen LogP contribution in [0.2, 0.25) is 0 Å². The van der Waals surface area contributed by atoms with E-state index in [9.17, 15) is 9.59 Å². The molecule has 0 aliphatic heterocycles. The van der Waals surface area contributed by atoms with Gasteiger partial charge in [-0.25, -0.2) is 4.79 Å². The Bertz CT molecular complexity index is 331. The van der Waals surface area contributed by atoms with E-state index in [1.807, 2.05) is 0 Å². The summed E-state index contributed by atoms with van der Waals surface area (Å²) in [4.78, 5) is 21.6. The number of methoxy groups -OCH3 is 1. The molecule has 0 aromatic carbocycles. The minimum absolute atomic E-state index is 0.318. The molecule has 1 aromatic rings. The van der Waals surface area contributed by atoms with Crippen LogP contribution in [0.5, 0.6) is 0 Å². The van der Waals surface area contributed by atoms with Crippen LogP contribution in [0.4, 0.5) is 5.82 Å².